The fraction of sp³-hybridized carbons (Fsp3) is 0.600. The SMILES string of the molecule is CC(C)(CO)NC(=O)Cc1ccc(NC(=O)CCC2CCCC2)cc1. The Bertz CT molecular complexity index is 575. The predicted octanol–water partition coefficient (Wildman–Crippen LogP) is 3.03. The molecule has 1 aliphatic carbocycles. The Morgan fingerprint density at radius 3 is 2.36 bits per heavy atom. The van der Waals surface area contributed by atoms with Gasteiger partial charge in [0, 0.05) is 12.1 Å². The average Bonchev–Trinajstić information content (AvgIpc) is 3.08. The van der Waals surface area contributed by atoms with Crippen molar-refractivity contribution < 1.29 is 14.7 Å². The second-order valence-electron chi connectivity index (χ2n) is 7.70. The van der Waals surface area contributed by atoms with Crippen LogP contribution < -0.4 is 10.6 Å². The number of carbonyl (C=O) groups excluding carboxylic acids is 2. The summed E-state index contributed by atoms with van der Waals surface area (Å²) in [4.78, 5) is 24.0. The molecule has 1 aromatic rings. The molecule has 0 aliphatic heterocycles. The maximum atomic E-state index is 12.0. The molecule has 1 saturated carbocycles. The number of aliphatic hydroxyl groups is 1. The Hall–Kier alpha value is -1.88. The molecule has 1 aliphatic rings. The van der Waals surface area contributed by atoms with E-state index < -0.39 is 5.54 Å². The lowest BCUT2D eigenvalue weighted by atomic mass is 10.0. The van der Waals surface area contributed by atoms with E-state index >= 15 is 0 Å². The molecule has 0 unspecified atom stereocenters. The van der Waals surface area contributed by atoms with Crippen molar-refractivity contribution in [1.29, 1.82) is 0 Å². The van der Waals surface area contributed by atoms with Crippen molar-refractivity contribution in [3.63, 3.8) is 0 Å². The van der Waals surface area contributed by atoms with E-state index in [-0.39, 0.29) is 24.8 Å². The molecule has 0 heterocycles. The highest BCUT2D eigenvalue weighted by Gasteiger charge is 2.19. The highest BCUT2D eigenvalue weighted by molar-refractivity contribution is 5.90. The first-order valence-electron chi connectivity index (χ1n) is 9.18. The molecule has 2 amide bonds. The summed E-state index contributed by atoms with van der Waals surface area (Å²) in [6.07, 6.45) is 6.93. The van der Waals surface area contributed by atoms with Crippen molar-refractivity contribution in [2.24, 2.45) is 5.92 Å². The van der Waals surface area contributed by atoms with Crippen LogP contribution >= 0.6 is 0 Å². The third-order valence-corrected chi connectivity index (χ3v) is 4.73. The van der Waals surface area contributed by atoms with E-state index in [9.17, 15) is 14.7 Å². The lowest BCUT2D eigenvalue weighted by Crippen LogP contribution is -2.46. The zero-order valence-corrected chi connectivity index (χ0v) is 15.3. The summed E-state index contributed by atoms with van der Waals surface area (Å²) >= 11 is 0. The molecule has 0 radical (unpaired) electrons. The van der Waals surface area contributed by atoms with Crippen LogP contribution in [-0.2, 0) is 16.0 Å². The number of hydrogen-bond donors (Lipinski definition) is 3. The average molecular weight is 346 g/mol. The van der Waals surface area contributed by atoms with Crippen LogP contribution in [0.3, 0.4) is 0 Å². The molecule has 0 saturated heterocycles. The first-order chi connectivity index (χ1) is 11.9. The molecule has 0 spiro atoms. The highest BCUT2D eigenvalue weighted by Crippen LogP contribution is 2.28. The van der Waals surface area contributed by atoms with E-state index in [0.717, 1.165) is 23.6 Å². The number of amides is 2. The van der Waals surface area contributed by atoms with Crippen LogP contribution in [-0.4, -0.2) is 29.1 Å². The fourth-order valence-electron chi connectivity index (χ4n) is 3.21. The molecule has 5 heteroatoms. The highest BCUT2D eigenvalue weighted by atomic mass is 16.3. The van der Waals surface area contributed by atoms with Crippen LogP contribution in [0.2, 0.25) is 0 Å². The van der Waals surface area contributed by atoms with E-state index in [1.54, 1.807) is 13.8 Å². The summed E-state index contributed by atoms with van der Waals surface area (Å²) in [6, 6.07) is 7.34. The van der Waals surface area contributed by atoms with Crippen LogP contribution in [0.1, 0.15) is 57.9 Å². The van der Waals surface area contributed by atoms with Crippen LogP contribution in [0, 0.1) is 5.92 Å². The minimum absolute atomic E-state index is 0.0575. The number of carbonyl (C=O) groups is 2. The van der Waals surface area contributed by atoms with Crippen LogP contribution in [0.5, 0.6) is 0 Å². The fourth-order valence-corrected chi connectivity index (χ4v) is 3.21. The van der Waals surface area contributed by atoms with E-state index in [1.165, 1.54) is 25.7 Å². The van der Waals surface area contributed by atoms with Crippen LogP contribution in [0.15, 0.2) is 24.3 Å². The Labute approximate surface area is 150 Å². The lowest BCUT2D eigenvalue weighted by Gasteiger charge is -2.23. The Balaban J connectivity index is 1.76. The molecule has 138 valence electrons. The van der Waals surface area contributed by atoms with Gasteiger partial charge in [-0.25, -0.2) is 0 Å². The third-order valence-electron chi connectivity index (χ3n) is 4.73. The summed E-state index contributed by atoms with van der Waals surface area (Å²) in [7, 11) is 0. The van der Waals surface area contributed by atoms with Gasteiger partial charge < -0.3 is 15.7 Å². The molecule has 3 N–H and O–H groups in total. The van der Waals surface area contributed by atoms with Gasteiger partial charge in [0.25, 0.3) is 0 Å². The van der Waals surface area contributed by atoms with Crippen molar-refractivity contribution in [3.8, 4) is 0 Å². The largest absolute Gasteiger partial charge is 0.394 e. The number of rotatable bonds is 8. The monoisotopic (exact) mass is 346 g/mol. The second-order valence-corrected chi connectivity index (χ2v) is 7.70. The van der Waals surface area contributed by atoms with Gasteiger partial charge in [-0.15, -0.1) is 0 Å². The van der Waals surface area contributed by atoms with Gasteiger partial charge in [-0.05, 0) is 43.9 Å². The topological polar surface area (TPSA) is 78.4 Å². The number of anilines is 1. The van der Waals surface area contributed by atoms with Crippen molar-refractivity contribution in [1.82, 2.24) is 5.32 Å². The van der Waals surface area contributed by atoms with E-state index in [0.29, 0.717) is 6.42 Å². The summed E-state index contributed by atoms with van der Waals surface area (Å²) in [5.41, 5.74) is 1.01. The number of aliphatic hydroxyl groups excluding tert-OH is 1. The first-order valence-corrected chi connectivity index (χ1v) is 9.18. The van der Waals surface area contributed by atoms with Crippen molar-refractivity contribution >= 4 is 17.5 Å². The minimum Gasteiger partial charge on any atom is -0.394 e. The molecular formula is C20H30N2O3. The molecule has 0 aromatic heterocycles. The van der Waals surface area contributed by atoms with Crippen molar-refractivity contribution in [2.45, 2.75) is 64.3 Å². The van der Waals surface area contributed by atoms with Gasteiger partial charge in [-0.3, -0.25) is 9.59 Å². The summed E-state index contributed by atoms with van der Waals surface area (Å²) in [6.45, 7) is 3.44. The van der Waals surface area contributed by atoms with E-state index in [1.807, 2.05) is 24.3 Å². The maximum absolute atomic E-state index is 12.0. The Morgan fingerprint density at radius 2 is 1.76 bits per heavy atom. The molecule has 0 bridgehead atoms. The summed E-state index contributed by atoms with van der Waals surface area (Å²) in [5.74, 6) is 0.643. The standard InChI is InChI=1S/C20H30N2O3/c1-20(2,14-23)22-19(25)13-16-7-10-17(11-8-16)21-18(24)12-9-15-5-3-4-6-15/h7-8,10-11,15,23H,3-6,9,12-14H2,1-2H3,(H,21,24)(H,22,25). The maximum Gasteiger partial charge on any atom is 0.224 e. The van der Waals surface area contributed by atoms with Gasteiger partial charge in [-0.2, -0.15) is 0 Å². The van der Waals surface area contributed by atoms with Gasteiger partial charge in [0.2, 0.25) is 11.8 Å². The van der Waals surface area contributed by atoms with Crippen LogP contribution in [0.4, 0.5) is 5.69 Å². The molecule has 1 aromatic carbocycles. The number of hydrogen-bond acceptors (Lipinski definition) is 3. The Kier molecular flexibility index (Phi) is 7.00. The third kappa shape index (κ3) is 6.86. The summed E-state index contributed by atoms with van der Waals surface area (Å²) in [5, 5.41) is 14.9. The Morgan fingerprint density at radius 1 is 1.12 bits per heavy atom. The quantitative estimate of drug-likeness (QED) is 0.677. The van der Waals surface area contributed by atoms with Crippen LogP contribution in [0.25, 0.3) is 0 Å². The van der Waals surface area contributed by atoms with Gasteiger partial charge in [0.1, 0.15) is 0 Å². The molecule has 2 rings (SSSR count). The van der Waals surface area contributed by atoms with Gasteiger partial charge in [0.15, 0.2) is 0 Å². The zero-order valence-electron chi connectivity index (χ0n) is 15.3. The first kappa shape index (κ1) is 19.4. The van der Waals surface area contributed by atoms with Crippen molar-refractivity contribution in [3.05, 3.63) is 29.8 Å². The second kappa shape index (κ2) is 8.99. The number of nitrogens with one attached hydrogen (secondary N) is 2. The van der Waals surface area contributed by atoms with E-state index in [2.05, 4.69) is 10.6 Å². The molecule has 25 heavy (non-hydrogen) atoms. The molecule has 1 fully saturated rings. The molecule has 5 nitrogen and oxygen atoms in total. The van der Waals surface area contributed by atoms with Gasteiger partial charge in [0.05, 0.1) is 18.6 Å². The smallest absolute Gasteiger partial charge is 0.224 e. The van der Waals surface area contributed by atoms with Gasteiger partial charge >= 0.3 is 0 Å². The lowest BCUT2D eigenvalue weighted by molar-refractivity contribution is -0.122. The normalized spacial score (nSPS) is 15.2. The minimum atomic E-state index is -0.621. The number of benzene rings is 1. The molecular weight excluding hydrogens is 316 g/mol. The molecule has 0 atom stereocenters. The van der Waals surface area contributed by atoms with E-state index in [4.69, 9.17) is 0 Å². The summed E-state index contributed by atoms with van der Waals surface area (Å²) < 4.78 is 0. The van der Waals surface area contributed by atoms with Gasteiger partial charge in [-0.1, -0.05) is 37.8 Å². The zero-order chi connectivity index (χ0) is 18.3. The predicted molar refractivity (Wildman–Crippen MR) is 99.3 cm³/mol. The van der Waals surface area contributed by atoms with Crippen molar-refractivity contribution in [2.75, 3.05) is 11.9 Å².